The Morgan fingerprint density at radius 3 is 2.53 bits per heavy atom. The molecular weight excluding hydrogens is 636 g/mol. The van der Waals surface area contributed by atoms with Crippen LogP contribution in [0.15, 0.2) is 87.8 Å². The van der Waals surface area contributed by atoms with E-state index >= 15 is 0 Å². The van der Waals surface area contributed by atoms with Crippen molar-refractivity contribution >= 4 is 44.7 Å². The van der Waals surface area contributed by atoms with Crippen LogP contribution in [0.25, 0.3) is 0 Å². The number of nitro benzene ring substituents is 1. The van der Waals surface area contributed by atoms with Gasteiger partial charge in [0.15, 0.2) is 5.78 Å². The molecule has 2 aliphatic rings. The number of rotatable bonds is 7. The summed E-state index contributed by atoms with van der Waals surface area (Å²) >= 11 is 9.52. The van der Waals surface area contributed by atoms with Crippen molar-refractivity contribution in [3.8, 4) is 17.6 Å². The predicted octanol–water partition coefficient (Wildman–Crippen LogP) is 7.54. The first-order valence-corrected chi connectivity index (χ1v) is 14.6. The van der Waals surface area contributed by atoms with Gasteiger partial charge in [-0.25, -0.2) is 0 Å². The first-order chi connectivity index (χ1) is 20.4. The molecule has 220 valence electrons. The fourth-order valence-electron chi connectivity index (χ4n) is 5.73. The van der Waals surface area contributed by atoms with Crippen LogP contribution in [-0.4, -0.2) is 17.8 Å². The second-order valence-corrected chi connectivity index (χ2v) is 12.5. The first-order valence-electron chi connectivity index (χ1n) is 13.4. The number of hydrogen-bond donors (Lipinski definition) is 1. The number of carbonyl (C=O) groups is 1. The molecule has 2 N–H and O–H groups in total. The molecule has 3 aromatic rings. The number of benzene rings is 3. The van der Waals surface area contributed by atoms with Crippen LogP contribution in [-0.2, 0) is 11.4 Å². The number of halogens is 2. The zero-order chi connectivity index (χ0) is 31.1. The van der Waals surface area contributed by atoms with E-state index in [9.17, 15) is 20.2 Å². The van der Waals surface area contributed by atoms with Gasteiger partial charge in [-0.2, -0.15) is 5.26 Å². The number of nitriles is 1. The van der Waals surface area contributed by atoms with Gasteiger partial charge < -0.3 is 15.2 Å². The van der Waals surface area contributed by atoms with E-state index in [0.717, 1.165) is 4.47 Å². The first kappa shape index (κ1) is 30.1. The van der Waals surface area contributed by atoms with Crippen LogP contribution in [0.2, 0.25) is 5.02 Å². The SMILES string of the molecule is COc1ccc(C2C(C#N)=C(N)N(c3ccc(Cl)cc3[N+](=O)[O-])C3=C2C(=O)CC(C)(C)C3)cc1COc1ccc(Br)cc1. The number of ketones is 1. The van der Waals surface area contributed by atoms with E-state index in [4.69, 9.17) is 26.8 Å². The lowest BCUT2D eigenvalue weighted by molar-refractivity contribution is -0.384. The normalized spacial score (nSPS) is 17.8. The number of nitrogens with two attached hydrogens (primary N) is 1. The Kier molecular flexibility index (Phi) is 8.23. The molecule has 3 aromatic carbocycles. The van der Waals surface area contributed by atoms with Gasteiger partial charge in [-0.05, 0) is 65.9 Å². The number of carbonyl (C=O) groups excluding carboxylic acids is 1. The average molecular weight is 664 g/mol. The van der Waals surface area contributed by atoms with Gasteiger partial charge in [0.05, 0.1) is 29.6 Å². The van der Waals surface area contributed by atoms with Crippen LogP contribution >= 0.6 is 27.5 Å². The van der Waals surface area contributed by atoms with E-state index in [0.29, 0.717) is 40.3 Å². The molecule has 0 saturated carbocycles. The Balaban J connectivity index is 1.67. The minimum Gasteiger partial charge on any atom is -0.496 e. The number of methoxy groups -OCH3 is 1. The van der Waals surface area contributed by atoms with Gasteiger partial charge in [-0.3, -0.25) is 19.8 Å². The van der Waals surface area contributed by atoms with Crippen molar-refractivity contribution in [2.45, 2.75) is 39.2 Å². The maximum atomic E-state index is 13.9. The third-order valence-corrected chi connectivity index (χ3v) is 8.37. The van der Waals surface area contributed by atoms with Crippen molar-refractivity contribution in [3.63, 3.8) is 0 Å². The summed E-state index contributed by atoms with van der Waals surface area (Å²) in [6, 6.07) is 19.3. The molecule has 1 unspecified atom stereocenters. The molecule has 9 nitrogen and oxygen atoms in total. The fourth-order valence-corrected chi connectivity index (χ4v) is 6.16. The molecule has 0 saturated heterocycles. The number of nitro groups is 1. The summed E-state index contributed by atoms with van der Waals surface area (Å²) in [5, 5.41) is 22.7. The lowest BCUT2D eigenvalue weighted by atomic mass is 9.68. The van der Waals surface area contributed by atoms with Crippen LogP contribution in [0, 0.1) is 26.9 Å². The zero-order valence-corrected chi connectivity index (χ0v) is 26.0. The van der Waals surface area contributed by atoms with E-state index in [1.54, 1.807) is 19.2 Å². The minimum atomic E-state index is -0.788. The van der Waals surface area contributed by atoms with Crippen LogP contribution in [0.1, 0.15) is 43.7 Å². The highest BCUT2D eigenvalue weighted by Gasteiger charge is 2.45. The summed E-state index contributed by atoms with van der Waals surface area (Å²) in [4.78, 5) is 26.9. The number of anilines is 1. The predicted molar refractivity (Wildman–Crippen MR) is 167 cm³/mol. The summed E-state index contributed by atoms with van der Waals surface area (Å²) in [6.07, 6.45) is 0.645. The quantitative estimate of drug-likeness (QED) is 0.203. The Morgan fingerprint density at radius 2 is 1.88 bits per heavy atom. The van der Waals surface area contributed by atoms with Gasteiger partial charge in [-0.1, -0.05) is 47.4 Å². The maximum absolute atomic E-state index is 13.9. The van der Waals surface area contributed by atoms with Crippen molar-refractivity contribution in [3.05, 3.63) is 114 Å². The van der Waals surface area contributed by atoms with Gasteiger partial charge in [0.2, 0.25) is 0 Å². The number of hydrogen-bond acceptors (Lipinski definition) is 8. The summed E-state index contributed by atoms with van der Waals surface area (Å²) < 4.78 is 12.5. The smallest absolute Gasteiger partial charge is 0.294 e. The van der Waals surface area contributed by atoms with Crippen molar-refractivity contribution < 1.29 is 19.2 Å². The van der Waals surface area contributed by atoms with Crippen molar-refractivity contribution in [2.24, 2.45) is 11.1 Å². The van der Waals surface area contributed by atoms with Gasteiger partial charge in [0, 0.05) is 38.8 Å². The Bertz CT molecular complexity index is 1740. The lowest BCUT2D eigenvalue weighted by Crippen LogP contribution is -2.42. The van der Waals surface area contributed by atoms with Gasteiger partial charge >= 0.3 is 0 Å². The summed E-state index contributed by atoms with van der Waals surface area (Å²) in [5.74, 6) is 0.316. The number of ether oxygens (including phenoxy) is 2. The highest BCUT2D eigenvalue weighted by atomic mass is 79.9. The summed E-state index contributed by atoms with van der Waals surface area (Å²) in [5.41, 5.74) is 8.50. The number of nitrogens with zero attached hydrogens (tertiary/aromatic N) is 3. The molecule has 0 spiro atoms. The topological polar surface area (TPSA) is 132 Å². The van der Waals surface area contributed by atoms with Crippen LogP contribution in [0.4, 0.5) is 11.4 Å². The van der Waals surface area contributed by atoms with Gasteiger partial charge in [0.25, 0.3) is 5.69 Å². The highest BCUT2D eigenvalue weighted by Crippen LogP contribution is 2.51. The molecule has 0 radical (unpaired) electrons. The summed E-state index contributed by atoms with van der Waals surface area (Å²) in [6.45, 7) is 4.09. The van der Waals surface area contributed by atoms with Crippen molar-refractivity contribution in [1.82, 2.24) is 0 Å². The average Bonchev–Trinajstić information content (AvgIpc) is 2.96. The minimum absolute atomic E-state index is 0.0191. The zero-order valence-electron chi connectivity index (χ0n) is 23.7. The van der Waals surface area contributed by atoms with Crippen LogP contribution in [0.5, 0.6) is 11.5 Å². The van der Waals surface area contributed by atoms with E-state index in [1.807, 2.05) is 44.2 Å². The third-order valence-electron chi connectivity index (χ3n) is 7.60. The number of Topliss-reactive ketones (excluding diaryl/α,β-unsaturated/α-hetero) is 1. The standard InChI is InChI=1S/C32H28BrClN4O5/c1-32(2)14-26-30(27(39)15-32)29(23(16-35)31(36)37(26)24-10-7-21(34)13-25(24)38(40)41)18-4-11-28(42-3)19(12-18)17-43-22-8-5-20(33)6-9-22/h4-13,29H,14-15,17,36H2,1-3H3. The molecule has 1 aliphatic heterocycles. The molecular formula is C32H28BrClN4O5. The monoisotopic (exact) mass is 662 g/mol. The molecule has 0 bridgehead atoms. The fraction of sp³-hybridized carbons (Fsp3) is 0.250. The molecule has 1 atom stereocenters. The second-order valence-electron chi connectivity index (χ2n) is 11.2. The van der Waals surface area contributed by atoms with Gasteiger partial charge in [0.1, 0.15) is 29.6 Å². The largest absolute Gasteiger partial charge is 0.496 e. The third kappa shape index (κ3) is 5.83. The molecule has 0 fully saturated rings. The molecule has 1 aliphatic carbocycles. The summed E-state index contributed by atoms with van der Waals surface area (Å²) in [7, 11) is 1.56. The van der Waals surface area contributed by atoms with Crippen molar-refractivity contribution in [1.29, 1.82) is 5.26 Å². The maximum Gasteiger partial charge on any atom is 0.294 e. The lowest BCUT2D eigenvalue weighted by Gasteiger charge is -2.43. The molecule has 0 amide bonds. The van der Waals surface area contributed by atoms with E-state index in [-0.39, 0.29) is 46.6 Å². The van der Waals surface area contributed by atoms with Crippen molar-refractivity contribution in [2.75, 3.05) is 12.0 Å². The van der Waals surface area contributed by atoms with Crippen LogP contribution in [0.3, 0.4) is 0 Å². The van der Waals surface area contributed by atoms with E-state index < -0.39 is 16.3 Å². The Labute approximate surface area is 262 Å². The molecule has 1 heterocycles. The molecule has 43 heavy (non-hydrogen) atoms. The molecule has 5 rings (SSSR count). The Hall–Kier alpha value is -4.33. The van der Waals surface area contributed by atoms with Gasteiger partial charge in [-0.15, -0.1) is 0 Å². The molecule has 11 heteroatoms. The molecule has 0 aromatic heterocycles. The van der Waals surface area contributed by atoms with E-state index in [1.165, 1.54) is 23.1 Å². The Morgan fingerprint density at radius 1 is 1.16 bits per heavy atom. The second kappa shape index (κ2) is 11.7. The highest BCUT2D eigenvalue weighted by molar-refractivity contribution is 9.10. The van der Waals surface area contributed by atoms with Crippen LogP contribution < -0.4 is 20.1 Å². The van der Waals surface area contributed by atoms with E-state index in [2.05, 4.69) is 22.0 Å². The number of allylic oxidation sites excluding steroid dienone is 3.